The van der Waals surface area contributed by atoms with Crippen LogP contribution in [0.25, 0.3) is 43.6 Å². The third-order valence-electron chi connectivity index (χ3n) is 7.98. The Kier molecular flexibility index (Phi) is 9.61. The Balaban J connectivity index is 1.01. The Bertz CT molecular complexity index is 1900. The normalized spacial score (nSPS) is 12.2. The van der Waals surface area contributed by atoms with Gasteiger partial charge in [0.15, 0.2) is 0 Å². The van der Waals surface area contributed by atoms with Gasteiger partial charge in [0.25, 0.3) is 0 Å². The molecule has 0 unspecified atom stereocenters. The first kappa shape index (κ1) is 32.9. The highest BCUT2D eigenvalue weighted by Gasteiger charge is 2.32. The van der Waals surface area contributed by atoms with E-state index < -0.39 is 12.7 Å². The number of para-hydroxylation sites is 2. The summed E-state index contributed by atoms with van der Waals surface area (Å²) in [5.41, 5.74) is 4.08. The highest BCUT2D eigenvalue weighted by Crippen LogP contribution is 2.36. The summed E-state index contributed by atoms with van der Waals surface area (Å²) in [6.07, 6.45) is -3.91. The second kappa shape index (κ2) is 14.0. The molecule has 0 radical (unpaired) electrons. The molecule has 2 N–H and O–H groups in total. The van der Waals surface area contributed by atoms with E-state index in [1.165, 1.54) is 36.4 Å². The summed E-state index contributed by atoms with van der Waals surface area (Å²) in [7, 11) is 0. The first-order chi connectivity index (χ1) is 23.0. The predicted octanol–water partition coefficient (Wildman–Crippen LogP) is 10.8. The molecule has 0 saturated heterocycles. The highest BCUT2D eigenvalue weighted by molar-refractivity contribution is 6.08. The van der Waals surface area contributed by atoms with Gasteiger partial charge in [0, 0.05) is 34.6 Å². The van der Waals surface area contributed by atoms with Crippen molar-refractivity contribution in [1.29, 1.82) is 0 Å². The van der Waals surface area contributed by atoms with Crippen molar-refractivity contribution in [3.05, 3.63) is 84.9 Å². The quantitative estimate of drug-likeness (QED) is 0.0726. The first-order valence-corrected chi connectivity index (χ1v) is 15.7. The van der Waals surface area contributed by atoms with Crippen LogP contribution in [0.4, 0.5) is 37.7 Å². The van der Waals surface area contributed by atoms with Gasteiger partial charge in [-0.3, -0.25) is 0 Å². The fraction of sp³-hybridized carbons (Fsp3) is 0.278. The molecule has 12 heteroatoms. The second-order valence-corrected chi connectivity index (χ2v) is 11.4. The lowest BCUT2D eigenvalue weighted by molar-refractivity contribution is -0.275. The Labute approximate surface area is 272 Å². The number of hydrogen-bond acceptors (Lipinski definition) is 6. The SMILES string of the molecule is FC(F)(F)Oc1ccc2nc3ccccc3c(NCCCCCCCCNc3c4ccccc4nc4ccc(OC(F)(F)F)cc34)c2c1. The molecule has 0 spiro atoms. The minimum Gasteiger partial charge on any atom is -0.406 e. The number of ether oxygens (including phenoxy) is 2. The van der Waals surface area contributed by atoms with Crippen molar-refractivity contribution in [3.63, 3.8) is 0 Å². The van der Waals surface area contributed by atoms with Crippen LogP contribution in [-0.4, -0.2) is 35.8 Å². The number of nitrogens with zero attached hydrogens (tertiary/aromatic N) is 2. The molecule has 0 bridgehead atoms. The van der Waals surface area contributed by atoms with E-state index in [9.17, 15) is 26.3 Å². The molecule has 0 aliphatic carbocycles. The fourth-order valence-electron chi connectivity index (χ4n) is 5.90. The monoisotopic (exact) mass is 666 g/mol. The Hall–Kier alpha value is -5.00. The lowest BCUT2D eigenvalue weighted by atomic mass is 10.1. The van der Waals surface area contributed by atoms with Crippen molar-refractivity contribution in [2.24, 2.45) is 0 Å². The summed E-state index contributed by atoms with van der Waals surface area (Å²) in [6, 6.07) is 23.3. The molecular weight excluding hydrogens is 634 g/mol. The summed E-state index contributed by atoms with van der Waals surface area (Å²) in [5.74, 6) is -0.592. The second-order valence-electron chi connectivity index (χ2n) is 11.4. The van der Waals surface area contributed by atoms with Crippen LogP contribution in [0.3, 0.4) is 0 Å². The van der Waals surface area contributed by atoms with Gasteiger partial charge in [0.05, 0.1) is 33.4 Å². The number of nitrogens with one attached hydrogen (secondary N) is 2. The zero-order chi connectivity index (χ0) is 33.7. The van der Waals surface area contributed by atoms with Crippen molar-refractivity contribution < 1.29 is 35.8 Å². The van der Waals surface area contributed by atoms with Crippen LogP contribution in [-0.2, 0) is 0 Å². The maximum absolute atomic E-state index is 12.9. The minimum atomic E-state index is -4.79. The largest absolute Gasteiger partial charge is 0.573 e. The molecule has 0 fully saturated rings. The van der Waals surface area contributed by atoms with Crippen LogP contribution >= 0.6 is 0 Å². The average molecular weight is 667 g/mol. The number of aromatic nitrogens is 2. The van der Waals surface area contributed by atoms with Gasteiger partial charge in [-0.05, 0) is 61.4 Å². The van der Waals surface area contributed by atoms with Gasteiger partial charge in [0.1, 0.15) is 11.5 Å². The Morgan fingerprint density at radius 2 is 0.833 bits per heavy atom. The Morgan fingerprint density at radius 1 is 0.458 bits per heavy atom. The van der Waals surface area contributed by atoms with Gasteiger partial charge < -0.3 is 20.1 Å². The van der Waals surface area contributed by atoms with Crippen molar-refractivity contribution in [1.82, 2.24) is 9.97 Å². The number of hydrogen-bond donors (Lipinski definition) is 2. The van der Waals surface area contributed by atoms with Gasteiger partial charge in [-0.2, -0.15) is 0 Å². The summed E-state index contributed by atoms with van der Waals surface area (Å²) in [6.45, 7) is 1.27. The molecule has 250 valence electrons. The standard InChI is InChI=1S/C36H32F6N4O2/c37-35(38,39)47-23-15-17-31-27(21-23)33(25-11-5-7-13-29(25)45-31)43-19-9-3-1-2-4-10-20-44-34-26-12-6-8-14-30(26)46-32-18-16-24(22-28(32)34)48-36(40,41)42/h5-8,11-18,21-22H,1-4,9-10,19-20H2,(H,43,45)(H,44,46). The molecule has 0 saturated carbocycles. The molecule has 0 aliphatic heterocycles. The van der Waals surface area contributed by atoms with Gasteiger partial charge in [-0.15, -0.1) is 26.3 Å². The van der Waals surface area contributed by atoms with Gasteiger partial charge in [0.2, 0.25) is 0 Å². The molecule has 6 nitrogen and oxygen atoms in total. The first-order valence-electron chi connectivity index (χ1n) is 15.7. The van der Waals surface area contributed by atoms with Crippen LogP contribution in [0, 0.1) is 0 Å². The fourth-order valence-corrected chi connectivity index (χ4v) is 5.90. The minimum absolute atomic E-state index is 0.296. The number of unbranched alkanes of at least 4 members (excludes halogenated alkanes) is 5. The van der Waals surface area contributed by atoms with E-state index in [1.807, 2.05) is 48.5 Å². The van der Waals surface area contributed by atoms with E-state index in [1.54, 1.807) is 0 Å². The molecule has 0 aliphatic rings. The van der Waals surface area contributed by atoms with Crippen molar-refractivity contribution in [3.8, 4) is 11.5 Å². The highest BCUT2D eigenvalue weighted by atomic mass is 19.4. The van der Waals surface area contributed by atoms with E-state index in [4.69, 9.17) is 0 Å². The molecule has 6 rings (SSSR count). The third kappa shape index (κ3) is 8.10. The van der Waals surface area contributed by atoms with E-state index in [2.05, 4.69) is 30.1 Å². The molecule has 6 aromatic rings. The van der Waals surface area contributed by atoms with E-state index in [0.717, 1.165) is 71.7 Å². The van der Waals surface area contributed by atoms with Crippen LogP contribution in [0.2, 0.25) is 0 Å². The zero-order valence-corrected chi connectivity index (χ0v) is 25.7. The van der Waals surface area contributed by atoms with Gasteiger partial charge in [-0.1, -0.05) is 62.1 Å². The number of pyridine rings is 2. The topological polar surface area (TPSA) is 68.3 Å². The molecule has 48 heavy (non-hydrogen) atoms. The lowest BCUT2D eigenvalue weighted by Gasteiger charge is -2.15. The predicted molar refractivity (Wildman–Crippen MR) is 177 cm³/mol. The molecule has 4 aromatic carbocycles. The van der Waals surface area contributed by atoms with Crippen molar-refractivity contribution >= 4 is 55.0 Å². The summed E-state index contributed by atoms with van der Waals surface area (Å²) in [5, 5.41) is 9.62. The smallest absolute Gasteiger partial charge is 0.406 e. The number of halogens is 6. The third-order valence-corrected chi connectivity index (χ3v) is 7.98. The van der Waals surface area contributed by atoms with Crippen molar-refractivity contribution in [2.45, 2.75) is 51.2 Å². The van der Waals surface area contributed by atoms with E-state index >= 15 is 0 Å². The molecule has 2 heterocycles. The summed E-state index contributed by atoms with van der Waals surface area (Å²) < 4.78 is 85.5. The molecule has 0 amide bonds. The molecule has 0 atom stereocenters. The van der Waals surface area contributed by atoms with E-state index in [0.29, 0.717) is 34.9 Å². The molecule has 2 aromatic heterocycles. The average Bonchev–Trinajstić information content (AvgIpc) is 3.03. The van der Waals surface area contributed by atoms with Crippen LogP contribution < -0.4 is 20.1 Å². The number of benzene rings is 4. The van der Waals surface area contributed by atoms with E-state index in [-0.39, 0.29) is 11.5 Å². The Morgan fingerprint density at radius 3 is 1.25 bits per heavy atom. The van der Waals surface area contributed by atoms with Crippen LogP contribution in [0.5, 0.6) is 11.5 Å². The number of alkyl halides is 6. The number of rotatable bonds is 13. The number of fused-ring (bicyclic) bond motifs is 4. The zero-order valence-electron chi connectivity index (χ0n) is 25.7. The molecular formula is C36H32F6N4O2. The maximum Gasteiger partial charge on any atom is 0.573 e. The van der Waals surface area contributed by atoms with Gasteiger partial charge in [-0.25, -0.2) is 9.97 Å². The summed E-state index contributed by atoms with van der Waals surface area (Å²) in [4.78, 5) is 9.21. The van der Waals surface area contributed by atoms with Crippen molar-refractivity contribution in [2.75, 3.05) is 23.7 Å². The van der Waals surface area contributed by atoms with Crippen LogP contribution in [0.15, 0.2) is 84.9 Å². The van der Waals surface area contributed by atoms with Crippen LogP contribution in [0.1, 0.15) is 38.5 Å². The number of anilines is 2. The summed E-state index contributed by atoms with van der Waals surface area (Å²) >= 11 is 0. The maximum atomic E-state index is 12.9. The lowest BCUT2D eigenvalue weighted by Crippen LogP contribution is -2.17. The van der Waals surface area contributed by atoms with Gasteiger partial charge >= 0.3 is 12.7 Å².